The van der Waals surface area contributed by atoms with Crippen LogP contribution in [0.25, 0.3) is 83.0 Å². The van der Waals surface area contributed by atoms with Crippen molar-refractivity contribution in [3.05, 3.63) is 209 Å². The first-order chi connectivity index (χ1) is 32.9. The largest absolute Gasteiger partial charge is 0.331 e. The zero-order chi connectivity index (χ0) is 45.1. The summed E-state index contributed by atoms with van der Waals surface area (Å²) < 4.78 is 4.70. The first kappa shape index (κ1) is 39.0. The van der Waals surface area contributed by atoms with E-state index in [9.17, 15) is 10.5 Å². The molecule has 0 saturated carbocycles. The Balaban J connectivity index is 1.30. The zero-order valence-electron chi connectivity index (χ0n) is 37.6. The van der Waals surface area contributed by atoms with Gasteiger partial charge < -0.3 is 14.0 Å². The van der Waals surface area contributed by atoms with Crippen LogP contribution in [-0.2, 0) is 11.8 Å². The van der Waals surface area contributed by atoms with Crippen LogP contribution in [0.15, 0.2) is 176 Å². The van der Waals surface area contributed by atoms with E-state index in [1.54, 1.807) is 0 Å². The van der Waals surface area contributed by atoms with Crippen LogP contribution in [0, 0.1) is 22.7 Å². The molecule has 2 aliphatic carbocycles. The lowest BCUT2D eigenvalue weighted by molar-refractivity contribution is 0.590. The summed E-state index contributed by atoms with van der Waals surface area (Å²) in [5.74, 6) is 0.0308. The van der Waals surface area contributed by atoms with Crippen molar-refractivity contribution >= 4 is 71.8 Å². The molecule has 0 radical (unpaired) electrons. The number of para-hydroxylation sites is 3. The van der Waals surface area contributed by atoms with Crippen LogP contribution >= 0.6 is 0 Å². The fourth-order valence-electron chi connectivity index (χ4n) is 11.8. The Morgan fingerprint density at radius 1 is 0.567 bits per heavy atom. The molecule has 2 atom stereocenters. The summed E-state index contributed by atoms with van der Waals surface area (Å²) in [7, 11) is 0. The van der Waals surface area contributed by atoms with Crippen LogP contribution in [0.2, 0.25) is 0 Å². The molecule has 318 valence electrons. The Kier molecular flexibility index (Phi) is 8.48. The highest BCUT2D eigenvalue weighted by Crippen LogP contribution is 2.55. The predicted octanol–water partition coefficient (Wildman–Crippen LogP) is 15.4. The van der Waals surface area contributed by atoms with Gasteiger partial charge >= 0.3 is 0 Å². The molecule has 1 aliphatic heterocycles. The van der Waals surface area contributed by atoms with Crippen LogP contribution in [0.5, 0.6) is 0 Å². The molecule has 0 bridgehead atoms. The third kappa shape index (κ3) is 5.52. The minimum absolute atomic E-state index is 0.0308. The maximum atomic E-state index is 12.2. The molecule has 3 aliphatic rings. The number of rotatable bonds is 4. The Bertz CT molecular complexity index is 3940. The SMILES string of the molecule is CC(C)(C)c1ccc(-c2c(-n3c4ccccc4c4c5c(ccc43)C=CCC5)c(C#N)c(N3c4ccccc4C4C=CC=CC43)c(C#N)c2-n2c3ccccc3c3c4ccccc4ccc32)cc1. The van der Waals surface area contributed by atoms with Crippen LogP contribution in [0.1, 0.15) is 66.5 Å². The molecule has 5 heteroatoms. The molecule has 8 aromatic carbocycles. The zero-order valence-corrected chi connectivity index (χ0v) is 37.6. The van der Waals surface area contributed by atoms with Crippen molar-refractivity contribution in [1.82, 2.24) is 9.13 Å². The summed E-state index contributed by atoms with van der Waals surface area (Å²) in [4.78, 5) is 2.31. The first-order valence-electron chi connectivity index (χ1n) is 23.4. The third-order valence-corrected chi connectivity index (χ3v) is 14.7. The van der Waals surface area contributed by atoms with Crippen LogP contribution in [0.3, 0.4) is 0 Å². The Labute approximate surface area is 389 Å². The van der Waals surface area contributed by atoms with Crippen molar-refractivity contribution in [3.8, 4) is 34.6 Å². The van der Waals surface area contributed by atoms with Gasteiger partial charge in [-0.2, -0.15) is 10.5 Å². The standard InChI is InChI=1S/C62H45N5/c1-62(2,3)41-32-28-40(29-33-41)56-60(66-52-26-14-10-22-46(52)57-42-18-6-4-16-38(42)30-34-54(57)66)48(36-63)59(65-50-24-12-8-20-44(50)45-21-9-13-25-51(45)65)49(37-64)61(56)67-53-27-15-11-23-47(53)58-43-19-7-5-17-39(43)31-35-55(58)67/h4-6,8-18,20-35,44,50H,7,19H2,1-3H3. The number of nitriles is 2. The maximum absolute atomic E-state index is 12.2. The van der Waals surface area contributed by atoms with Crippen molar-refractivity contribution in [2.24, 2.45) is 0 Å². The van der Waals surface area contributed by atoms with Gasteiger partial charge in [-0.1, -0.05) is 172 Å². The highest BCUT2D eigenvalue weighted by molar-refractivity contribution is 6.22. The maximum Gasteiger partial charge on any atom is 0.104 e. The van der Waals surface area contributed by atoms with Crippen molar-refractivity contribution in [2.75, 3.05) is 4.90 Å². The number of nitrogens with zero attached hydrogens (tertiary/aromatic N) is 5. The molecule has 3 heterocycles. The summed E-state index contributed by atoms with van der Waals surface area (Å²) in [6.07, 6.45) is 15.1. The second-order valence-corrected chi connectivity index (χ2v) is 19.3. The number of aromatic nitrogens is 2. The van der Waals surface area contributed by atoms with Gasteiger partial charge in [0.05, 0.1) is 45.2 Å². The summed E-state index contributed by atoms with van der Waals surface area (Å²) in [6, 6.07) is 57.7. The Morgan fingerprint density at radius 3 is 1.90 bits per heavy atom. The summed E-state index contributed by atoms with van der Waals surface area (Å²) >= 11 is 0. The van der Waals surface area contributed by atoms with Crippen molar-refractivity contribution in [1.29, 1.82) is 10.5 Å². The van der Waals surface area contributed by atoms with Crippen molar-refractivity contribution < 1.29 is 0 Å². The molecule has 0 amide bonds. The molecular weight excluding hydrogens is 815 g/mol. The molecule has 10 aromatic rings. The topological polar surface area (TPSA) is 60.7 Å². The van der Waals surface area contributed by atoms with Gasteiger partial charge in [0.15, 0.2) is 0 Å². The summed E-state index contributed by atoms with van der Waals surface area (Å²) in [5, 5.41) is 31.3. The van der Waals surface area contributed by atoms with Gasteiger partial charge in [-0.25, -0.2) is 0 Å². The minimum atomic E-state index is -0.168. The van der Waals surface area contributed by atoms with Gasteiger partial charge in [0.1, 0.15) is 23.3 Å². The second-order valence-electron chi connectivity index (χ2n) is 19.3. The smallest absolute Gasteiger partial charge is 0.104 e. The van der Waals surface area contributed by atoms with Gasteiger partial charge in [-0.3, -0.25) is 0 Å². The number of benzene rings is 8. The van der Waals surface area contributed by atoms with E-state index in [0.717, 1.165) is 90.0 Å². The number of hydrogen-bond donors (Lipinski definition) is 0. The fraction of sp³-hybridized carbons (Fsp3) is 0.129. The van der Waals surface area contributed by atoms with E-state index in [2.05, 4.69) is 229 Å². The van der Waals surface area contributed by atoms with Gasteiger partial charge in [-0.15, -0.1) is 0 Å². The lowest BCUT2D eigenvalue weighted by Crippen LogP contribution is -2.30. The van der Waals surface area contributed by atoms with E-state index in [0.29, 0.717) is 16.8 Å². The number of anilines is 2. The van der Waals surface area contributed by atoms with Crippen LogP contribution in [0.4, 0.5) is 11.4 Å². The first-order valence-corrected chi connectivity index (χ1v) is 23.4. The molecule has 13 rings (SSSR count). The van der Waals surface area contributed by atoms with Gasteiger partial charge in [0.2, 0.25) is 0 Å². The summed E-state index contributed by atoms with van der Waals surface area (Å²) in [5.41, 5.74) is 14.7. The highest BCUT2D eigenvalue weighted by Gasteiger charge is 2.42. The Morgan fingerprint density at radius 2 is 1.18 bits per heavy atom. The quantitative estimate of drug-likeness (QED) is 0.177. The van der Waals surface area contributed by atoms with Gasteiger partial charge in [0.25, 0.3) is 0 Å². The predicted molar refractivity (Wildman–Crippen MR) is 277 cm³/mol. The number of fused-ring (bicyclic) bond motifs is 13. The van der Waals surface area contributed by atoms with Crippen molar-refractivity contribution in [3.63, 3.8) is 0 Å². The molecule has 0 fully saturated rings. The van der Waals surface area contributed by atoms with Crippen LogP contribution in [-0.4, -0.2) is 15.2 Å². The van der Waals surface area contributed by atoms with Crippen LogP contribution < -0.4 is 4.90 Å². The molecule has 2 aromatic heterocycles. The normalized spacial score (nSPS) is 16.2. The Hall–Kier alpha value is -8.38. The third-order valence-electron chi connectivity index (χ3n) is 14.7. The molecule has 2 unspecified atom stereocenters. The second kappa shape index (κ2) is 14.6. The van der Waals surface area contributed by atoms with E-state index in [1.165, 1.54) is 27.6 Å². The average Bonchev–Trinajstić information content (AvgIpc) is 4.01. The number of allylic oxidation sites excluding steroid dienone is 3. The van der Waals surface area contributed by atoms with E-state index >= 15 is 0 Å². The lowest BCUT2D eigenvalue weighted by Gasteiger charge is -2.33. The molecule has 0 spiro atoms. The number of aryl methyl sites for hydroxylation is 1. The highest BCUT2D eigenvalue weighted by atomic mass is 15.2. The van der Waals surface area contributed by atoms with Gasteiger partial charge in [0, 0.05) is 38.7 Å². The molecular formula is C62H45N5. The van der Waals surface area contributed by atoms with E-state index in [1.807, 2.05) is 0 Å². The fourth-order valence-corrected chi connectivity index (χ4v) is 11.8. The van der Waals surface area contributed by atoms with E-state index in [4.69, 9.17) is 0 Å². The molecule has 0 saturated heterocycles. The number of hydrogen-bond acceptors (Lipinski definition) is 3. The average molecular weight is 860 g/mol. The monoisotopic (exact) mass is 859 g/mol. The van der Waals surface area contributed by atoms with Crippen molar-refractivity contribution in [2.45, 2.75) is 51.0 Å². The van der Waals surface area contributed by atoms with Gasteiger partial charge in [-0.05, 0) is 87.2 Å². The molecule has 0 N–H and O–H groups in total. The summed E-state index contributed by atoms with van der Waals surface area (Å²) in [6.45, 7) is 6.71. The van der Waals surface area contributed by atoms with E-state index < -0.39 is 0 Å². The molecule has 5 nitrogen and oxygen atoms in total. The molecule has 67 heavy (non-hydrogen) atoms. The lowest BCUT2D eigenvalue weighted by atomic mass is 9.85. The van der Waals surface area contributed by atoms with E-state index in [-0.39, 0.29) is 17.4 Å². The minimum Gasteiger partial charge on any atom is -0.331 e.